The van der Waals surface area contributed by atoms with E-state index in [1.807, 2.05) is 18.8 Å². The highest BCUT2D eigenvalue weighted by molar-refractivity contribution is 14.0. The lowest BCUT2D eigenvalue weighted by Crippen LogP contribution is -2.42. The fraction of sp³-hybridized carbons (Fsp3) is 0.929. The van der Waals surface area contributed by atoms with Crippen LogP contribution in [0.3, 0.4) is 0 Å². The Morgan fingerprint density at radius 3 is 2.37 bits per heavy atom. The molecule has 3 nitrogen and oxygen atoms in total. The van der Waals surface area contributed by atoms with Crippen LogP contribution in [0.25, 0.3) is 0 Å². The van der Waals surface area contributed by atoms with Gasteiger partial charge in [0.05, 0.1) is 0 Å². The molecule has 2 fully saturated rings. The zero-order valence-electron chi connectivity index (χ0n) is 12.4. The van der Waals surface area contributed by atoms with Crippen molar-refractivity contribution in [2.75, 3.05) is 32.9 Å². The van der Waals surface area contributed by atoms with Crippen molar-refractivity contribution >= 4 is 41.7 Å². The molecule has 0 aromatic carbocycles. The molecule has 1 aliphatic carbocycles. The number of likely N-dealkylation sites (tertiary alicyclic amines) is 1. The van der Waals surface area contributed by atoms with Gasteiger partial charge in [-0.05, 0) is 30.9 Å². The van der Waals surface area contributed by atoms with Crippen LogP contribution in [-0.4, -0.2) is 49.0 Å². The molecule has 2 rings (SSSR count). The smallest absolute Gasteiger partial charge is 0.193 e. The first-order chi connectivity index (χ1) is 8.74. The van der Waals surface area contributed by atoms with Gasteiger partial charge in [0.1, 0.15) is 0 Å². The summed E-state index contributed by atoms with van der Waals surface area (Å²) in [6.07, 6.45) is 7.90. The molecular weight excluding hydrogens is 369 g/mol. The Morgan fingerprint density at radius 2 is 1.89 bits per heavy atom. The highest BCUT2D eigenvalue weighted by Crippen LogP contribution is 2.35. The summed E-state index contributed by atoms with van der Waals surface area (Å²) in [6.45, 7) is 5.71. The van der Waals surface area contributed by atoms with Gasteiger partial charge >= 0.3 is 0 Å². The van der Waals surface area contributed by atoms with E-state index in [9.17, 15) is 0 Å². The first-order valence-corrected chi connectivity index (χ1v) is 8.51. The van der Waals surface area contributed by atoms with Crippen LogP contribution in [0.4, 0.5) is 0 Å². The van der Waals surface area contributed by atoms with Gasteiger partial charge in [-0.3, -0.25) is 4.99 Å². The third kappa shape index (κ3) is 4.69. The van der Waals surface area contributed by atoms with Crippen molar-refractivity contribution in [2.45, 2.75) is 37.9 Å². The van der Waals surface area contributed by atoms with Crippen LogP contribution in [0.2, 0.25) is 0 Å². The zero-order chi connectivity index (χ0) is 13.0. The van der Waals surface area contributed by atoms with Crippen molar-refractivity contribution in [3.05, 3.63) is 0 Å². The van der Waals surface area contributed by atoms with Crippen molar-refractivity contribution in [3.63, 3.8) is 0 Å². The first-order valence-electron chi connectivity index (χ1n) is 7.23. The predicted molar refractivity (Wildman–Crippen MR) is 96.8 cm³/mol. The molecule has 1 heterocycles. The lowest BCUT2D eigenvalue weighted by Gasteiger charge is -2.22. The van der Waals surface area contributed by atoms with E-state index in [0.717, 1.165) is 24.3 Å². The molecule has 2 aliphatic rings. The lowest BCUT2D eigenvalue weighted by molar-refractivity contribution is 0.299. The van der Waals surface area contributed by atoms with Crippen LogP contribution < -0.4 is 5.32 Å². The number of hydrogen-bond donors (Lipinski definition) is 1. The minimum absolute atomic E-state index is 0. The van der Waals surface area contributed by atoms with E-state index in [4.69, 9.17) is 0 Å². The van der Waals surface area contributed by atoms with E-state index >= 15 is 0 Å². The normalized spacial score (nSPS) is 28.6. The average Bonchev–Trinajstić information content (AvgIpc) is 2.82. The number of halogens is 1. The Labute approximate surface area is 139 Å². The molecule has 5 heteroatoms. The van der Waals surface area contributed by atoms with Gasteiger partial charge in [0, 0.05) is 31.9 Å². The fourth-order valence-electron chi connectivity index (χ4n) is 3.23. The number of fused-ring (bicyclic) bond motifs is 1. The van der Waals surface area contributed by atoms with Crippen LogP contribution in [0.5, 0.6) is 0 Å². The number of rotatable bonds is 3. The Bertz CT molecular complexity index is 284. The molecule has 0 amide bonds. The maximum Gasteiger partial charge on any atom is 0.193 e. The second-order valence-electron chi connectivity index (χ2n) is 5.68. The molecule has 0 aromatic rings. The Balaban J connectivity index is 0.00000180. The fourth-order valence-corrected chi connectivity index (χ4v) is 3.48. The lowest BCUT2D eigenvalue weighted by atomic mass is 9.82. The number of aliphatic imine (C=N–C) groups is 1. The molecule has 19 heavy (non-hydrogen) atoms. The molecule has 0 aromatic heterocycles. The summed E-state index contributed by atoms with van der Waals surface area (Å²) in [4.78, 5) is 6.94. The number of thioether (sulfide) groups is 1. The summed E-state index contributed by atoms with van der Waals surface area (Å²) in [7, 11) is 1.91. The molecule has 1 saturated carbocycles. The summed E-state index contributed by atoms with van der Waals surface area (Å²) in [6, 6.07) is 0. The topological polar surface area (TPSA) is 27.6 Å². The van der Waals surface area contributed by atoms with Crippen molar-refractivity contribution in [1.29, 1.82) is 0 Å². The summed E-state index contributed by atoms with van der Waals surface area (Å²) in [5.41, 5.74) is 0. The second kappa shape index (κ2) is 8.60. The second-order valence-corrected chi connectivity index (χ2v) is 6.96. The van der Waals surface area contributed by atoms with Gasteiger partial charge in [-0.15, -0.1) is 24.0 Å². The van der Waals surface area contributed by atoms with E-state index in [2.05, 4.69) is 28.4 Å². The van der Waals surface area contributed by atoms with Gasteiger partial charge in [0.15, 0.2) is 5.96 Å². The summed E-state index contributed by atoms with van der Waals surface area (Å²) in [5.74, 6) is 2.97. The zero-order valence-corrected chi connectivity index (χ0v) is 15.5. The van der Waals surface area contributed by atoms with Crippen LogP contribution in [0.1, 0.15) is 32.6 Å². The van der Waals surface area contributed by atoms with Crippen molar-refractivity contribution in [3.8, 4) is 0 Å². The molecule has 112 valence electrons. The molecule has 3 atom stereocenters. The van der Waals surface area contributed by atoms with Crippen LogP contribution in [0, 0.1) is 11.8 Å². The first kappa shape index (κ1) is 17.4. The Morgan fingerprint density at radius 1 is 1.32 bits per heavy atom. The van der Waals surface area contributed by atoms with Crippen LogP contribution in [0.15, 0.2) is 4.99 Å². The third-order valence-electron chi connectivity index (χ3n) is 4.44. The monoisotopic (exact) mass is 397 g/mol. The summed E-state index contributed by atoms with van der Waals surface area (Å²) in [5, 5.41) is 4.17. The quantitative estimate of drug-likeness (QED) is 0.451. The van der Waals surface area contributed by atoms with Gasteiger partial charge in [-0.25, -0.2) is 0 Å². The van der Waals surface area contributed by atoms with E-state index in [-0.39, 0.29) is 24.0 Å². The van der Waals surface area contributed by atoms with Gasteiger partial charge in [-0.1, -0.05) is 19.8 Å². The van der Waals surface area contributed by atoms with E-state index in [1.54, 1.807) is 0 Å². The Hall–Kier alpha value is 0.350. The number of nitrogens with zero attached hydrogens (tertiary/aromatic N) is 2. The van der Waals surface area contributed by atoms with E-state index in [0.29, 0.717) is 5.25 Å². The standard InChI is InChI=1S/C14H27N3S.HI/c1-11(18-3)8-16-14(15-2)17-9-12-6-4-5-7-13(12)10-17;/h11-13H,4-10H2,1-3H3,(H,15,16);1H. The molecule has 0 radical (unpaired) electrons. The third-order valence-corrected chi connectivity index (χ3v) is 5.41. The van der Waals surface area contributed by atoms with Gasteiger partial charge in [-0.2, -0.15) is 11.8 Å². The average molecular weight is 397 g/mol. The minimum atomic E-state index is 0. The molecule has 1 saturated heterocycles. The molecular formula is C14H28IN3S. The highest BCUT2D eigenvalue weighted by atomic mass is 127. The maximum absolute atomic E-state index is 4.46. The number of guanidine groups is 1. The number of nitrogens with one attached hydrogen (secondary N) is 1. The minimum Gasteiger partial charge on any atom is -0.355 e. The van der Waals surface area contributed by atoms with E-state index in [1.165, 1.54) is 38.8 Å². The molecule has 3 unspecified atom stereocenters. The van der Waals surface area contributed by atoms with Gasteiger partial charge < -0.3 is 10.2 Å². The van der Waals surface area contributed by atoms with Crippen LogP contribution >= 0.6 is 35.7 Å². The largest absolute Gasteiger partial charge is 0.355 e. The van der Waals surface area contributed by atoms with Crippen molar-refractivity contribution in [1.82, 2.24) is 10.2 Å². The molecule has 1 aliphatic heterocycles. The van der Waals surface area contributed by atoms with Crippen molar-refractivity contribution in [2.24, 2.45) is 16.8 Å². The summed E-state index contributed by atoms with van der Waals surface area (Å²) >= 11 is 1.90. The van der Waals surface area contributed by atoms with E-state index < -0.39 is 0 Å². The molecule has 0 spiro atoms. The van der Waals surface area contributed by atoms with Crippen molar-refractivity contribution < 1.29 is 0 Å². The Kier molecular flexibility index (Phi) is 7.87. The number of hydrogen-bond acceptors (Lipinski definition) is 2. The van der Waals surface area contributed by atoms with Gasteiger partial charge in [0.2, 0.25) is 0 Å². The maximum atomic E-state index is 4.46. The molecule has 1 N–H and O–H groups in total. The highest BCUT2D eigenvalue weighted by Gasteiger charge is 2.35. The summed E-state index contributed by atoms with van der Waals surface area (Å²) < 4.78 is 0. The predicted octanol–water partition coefficient (Wildman–Crippen LogP) is 3.05. The van der Waals surface area contributed by atoms with Gasteiger partial charge in [0.25, 0.3) is 0 Å². The van der Waals surface area contributed by atoms with Crippen LogP contribution in [-0.2, 0) is 0 Å². The SMILES string of the molecule is CN=C(NCC(C)SC)N1CC2CCCCC2C1.I. The molecule has 0 bridgehead atoms.